The van der Waals surface area contributed by atoms with Gasteiger partial charge in [-0.1, -0.05) is 7.43 Å². The van der Waals surface area contributed by atoms with Crippen molar-refractivity contribution < 1.29 is 4.79 Å². The summed E-state index contributed by atoms with van der Waals surface area (Å²) in [6.07, 6.45) is 4.72. The molecule has 0 unspecified atom stereocenters. The highest BCUT2D eigenvalue weighted by Crippen LogP contribution is 2.21. The number of nitrogens with zero attached hydrogens (tertiary/aromatic N) is 2. The Labute approximate surface area is 95.7 Å². The van der Waals surface area contributed by atoms with Gasteiger partial charge in [0.1, 0.15) is 0 Å². The van der Waals surface area contributed by atoms with Crippen LogP contribution in [-0.4, -0.2) is 15.9 Å². The second kappa shape index (κ2) is 4.35. The SMILES string of the molecule is C.NC(=O)c1cnc2cncc(Br)c2c1. The lowest BCUT2D eigenvalue weighted by atomic mass is 10.2. The van der Waals surface area contributed by atoms with Crippen LogP contribution in [0.2, 0.25) is 0 Å². The molecule has 2 rings (SSSR count). The molecule has 15 heavy (non-hydrogen) atoms. The van der Waals surface area contributed by atoms with E-state index in [2.05, 4.69) is 25.9 Å². The minimum Gasteiger partial charge on any atom is -0.366 e. The Bertz CT molecular complexity index is 513. The third kappa shape index (κ3) is 2.12. The van der Waals surface area contributed by atoms with E-state index >= 15 is 0 Å². The van der Waals surface area contributed by atoms with Crippen molar-refractivity contribution >= 4 is 32.7 Å². The Kier molecular flexibility index (Phi) is 3.36. The second-order valence-corrected chi connectivity index (χ2v) is 3.63. The minimum absolute atomic E-state index is 0. The van der Waals surface area contributed by atoms with E-state index in [1.54, 1.807) is 18.5 Å². The van der Waals surface area contributed by atoms with Crippen molar-refractivity contribution in [2.45, 2.75) is 7.43 Å². The van der Waals surface area contributed by atoms with Crippen molar-refractivity contribution in [1.29, 1.82) is 0 Å². The summed E-state index contributed by atoms with van der Waals surface area (Å²) in [5.41, 5.74) is 6.26. The molecule has 0 aliphatic rings. The molecule has 0 bridgehead atoms. The molecule has 2 N–H and O–H groups in total. The molecular formula is C10H10BrN3O. The van der Waals surface area contributed by atoms with Gasteiger partial charge in [0, 0.05) is 22.3 Å². The van der Waals surface area contributed by atoms with Crippen LogP contribution in [0.15, 0.2) is 29.1 Å². The molecule has 2 heterocycles. The van der Waals surface area contributed by atoms with Crippen LogP contribution in [0.1, 0.15) is 17.8 Å². The Morgan fingerprint density at radius 1 is 1.33 bits per heavy atom. The average molecular weight is 268 g/mol. The molecule has 4 nitrogen and oxygen atoms in total. The fourth-order valence-corrected chi connectivity index (χ4v) is 1.58. The molecule has 0 aromatic carbocycles. The van der Waals surface area contributed by atoms with E-state index in [0.717, 1.165) is 15.4 Å². The first-order chi connectivity index (χ1) is 6.68. The van der Waals surface area contributed by atoms with Gasteiger partial charge in [0.15, 0.2) is 0 Å². The maximum absolute atomic E-state index is 10.9. The average Bonchev–Trinajstić information content (AvgIpc) is 2.18. The molecule has 0 atom stereocenters. The van der Waals surface area contributed by atoms with Crippen LogP contribution in [0.4, 0.5) is 0 Å². The van der Waals surface area contributed by atoms with E-state index in [0.29, 0.717) is 5.56 Å². The van der Waals surface area contributed by atoms with Gasteiger partial charge in [0.25, 0.3) is 0 Å². The molecule has 0 saturated carbocycles. The van der Waals surface area contributed by atoms with Gasteiger partial charge in [-0.15, -0.1) is 0 Å². The zero-order chi connectivity index (χ0) is 10.1. The van der Waals surface area contributed by atoms with Crippen LogP contribution >= 0.6 is 15.9 Å². The van der Waals surface area contributed by atoms with E-state index in [-0.39, 0.29) is 7.43 Å². The summed E-state index contributed by atoms with van der Waals surface area (Å²) in [5.74, 6) is -0.483. The predicted molar refractivity (Wildman–Crippen MR) is 62.5 cm³/mol. The van der Waals surface area contributed by atoms with Crippen molar-refractivity contribution in [3.05, 3.63) is 34.7 Å². The number of primary amides is 1. The number of carbonyl (C=O) groups is 1. The minimum atomic E-state index is -0.483. The summed E-state index contributed by atoms with van der Waals surface area (Å²) in [6, 6.07) is 1.69. The van der Waals surface area contributed by atoms with Crippen LogP contribution in [0.3, 0.4) is 0 Å². The van der Waals surface area contributed by atoms with Gasteiger partial charge >= 0.3 is 0 Å². The number of hydrogen-bond acceptors (Lipinski definition) is 3. The number of nitrogens with two attached hydrogens (primary N) is 1. The van der Waals surface area contributed by atoms with E-state index in [1.807, 2.05) is 0 Å². The van der Waals surface area contributed by atoms with E-state index in [9.17, 15) is 4.79 Å². The third-order valence-electron chi connectivity index (χ3n) is 1.85. The summed E-state index contributed by atoms with van der Waals surface area (Å²) in [4.78, 5) is 18.9. The number of hydrogen-bond donors (Lipinski definition) is 1. The summed E-state index contributed by atoms with van der Waals surface area (Å²) >= 11 is 3.33. The molecule has 0 radical (unpaired) electrons. The number of amides is 1. The first-order valence-corrected chi connectivity index (χ1v) is 4.67. The Hall–Kier alpha value is -1.49. The monoisotopic (exact) mass is 267 g/mol. The fraction of sp³-hybridized carbons (Fsp3) is 0.100. The smallest absolute Gasteiger partial charge is 0.250 e. The Morgan fingerprint density at radius 2 is 2.07 bits per heavy atom. The lowest BCUT2D eigenvalue weighted by molar-refractivity contribution is 0.1000. The zero-order valence-electron chi connectivity index (χ0n) is 7.07. The third-order valence-corrected chi connectivity index (χ3v) is 2.48. The summed E-state index contributed by atoms with van der Waals surface area (Å²) < 4.78 is 0.797. The molecule has 0 aliphatic carbocycles. The van der Waals surface area contributed by atoms with Crippen molar-refractivity contribution in [3.63, 3.8) is 0 Å². The van der Waals surface area contributed by atoms with Crippen LogP contribution in [0, 0.1) is 0 Å². The highest BCUT2D eigenvalue weighted by atomic mass is 79.9. The highest BCUT2D eigenvalue weighted by Gasteiger charge is 2.05. The largest absolute Gasteiger partial charge is 0.366 e. The van der Waals surface area contributed by atoms with Crippen molar-refractivity contribution in [3.8, 4) is 0 Å². The van der Waals surface area contributed by atoms with Gasteiger partial charge in [-0.25, -0.2) is 0 Å². The van der Waals surface area contributed by atoms with Crippen molar-refractivity contribution in [2.75, 3.05) is 0 Å². The van der Waals surface area contributed by atoms with Gasteiger partial charge < -0.3 is 5.73 Å². The number of pyridine rings is 2. The number of fused-ring (bicyclic) bond motifs is 1. The summed E-state index contributed by atoms with van der Waals surface area (Å²) in [6.45, 7) is 0. The number of aromatic nitrogens is 2. The first kappa shape index (κ1) is 11.6. The quantitative estimate of drug-likeness (QED) is 0.861. The molecule has 0 fully saturated rings. The standard InChI is InChI=1S/C9H6BrN3O.CH4/c10-7-3-12-4-8-6(7)1-5(2-13-8)9(11)14;/h1-4H,(H2,11,14);1H4. The summed E-state index contributed by atoms with van der Waals surface area (Å²) in [5, 5.41) is 0.830. The number of carbonyl (C=O) groups excluding carboxylic acids is 1. The lowest BCUT2D eigenvalue weighted by Crippen LogP contribution is -2.11. The maximum atomic E-state index is 10.9. The van der Waals surface area contributed by atoms with E-state index < -0.39 is 5.91 Å². The van der Waals surface area contributed by atoms with E-state index in [4.69, 9.17) is 5.73 Å². The molecule has 0 saturated heterocycles. The van der Waals surface area contributed by atoms with Crippen LogP contribution in [0.25, 0.3) is 10.9 Å². The van der Waals surface area contributed by atoms with Crippen LogP contribution < -0.4 is 5.73 Å². The van der Waals surface area contributed by atoms with Crippen molar-refractivity contribution in [1.82, 2.24) is 9.97 Å². The molecule has 78 valence electrons. The maximum Gasteiger partial charge on any atom is 0.250 e. The van der Waals surface area contributed by atoms with Crippen LogP contribution in [0.5, 0.6) is 0 Å². The van der Waals surface area contributed by atoms with Gasteiger partial charge in [-0.05, 0) is 22.0 Å². The normalized spacial score (nSPS) is 9.67. The number of halogens is 1. The molecule has 1 amide bonds. The zero-order valence-corrected chi connectivity index (χ0v) is 8.65. The molecular weight excluding hydrogens is 258 g/mol. The highest BCUT2D eigenvalue weighted by molar-refractivity contribution is 9.10. The van der Waals surface area contributed by atoms with Gasteiger partial charge in [-0.2, -0.15) is 0 Å². The first-order valence-electron chi connectivity index (χ1n) is 3.87. The van der Waals surface area contributed by atoms with Crippen molar-refractivity contribution in [2.24, 2.45) is 5.73 Å². The molecule has 5 heteroatoms. The molecule has 2 aromatic heterocycles. The Balaban J connectivity index is 0.00000112. The topological polar surface area (TPSA) is 68.9 Å². The molecule has 0 spiro atoms. The van der Waals surface area contributed by atoms with E-state index in [1.165, 1.54) is 6.20 Å². The van der Waals surface area contributed by atoms with Gasteiger partial charge in [0.2, 0.25) is 5.91 Å². The predicted octanol–water partition coefficient (Wildman–Crippen LogP) is 2.13. The Morgan fingerprint density at radius 3 is 2.73 bits per heavy atom. The molecule has 0 aliphatic heterocycles. The van der Waals surface area contributed by atoms with Gasteiger partial charge in [-0.3, -0.25) is 14.8 Å². The molecule has 2 aromatic rings. The summed E-state index contributed by atoms with van der Waals surface area (Å²) in [7, 11) is 0. The fourth-order valence-electron chi connectivity index (χ4n) is 1.15. The second-order valence-electron chi connectivity index (χ2n) is 2.78. The van der Waals surface area contributed by atoms with Gasteiger partial charge in [0.05, 0.1) is 17.3 Å². The number of rotatable bonds is 1. The van der Waals surface area contributed by atoms with Crippen LogP contribution in [-0.2, 0) is 0 Å². The lowest BCUT2D eigenvalue weighted by Gasteiger charge is -2.00.